The highest BCUT2D eigenvalue weighted by atomic mass is 79.9. The standard InChI is InChI=1S/C5H5BrS.ClH/c1-4-2-7-3-5(4)6;/h2-3H,1H3;1H. The molecule has 0 aliphatic rings. The van der Waals surface area contributed by atoms with Gasteiger partial charge in [0.25, 0.3) is 0 Å². The fourth-order valence-electron chi connectivity index (χ4n) is 0.345. The third-order valence-corrected chi connectivity index (χ3v) is 2.81. The Bertz CT molecular complexity index is 145. The maximum Gasteiger partial charge on any atom is 0.0311 e. The molecule has 0 aliphatic heterocycles. The first-order valence-corrected chi connectivity index (χ1v) is 3.72. The molecule has 1 aromatic rings. The summed E-state index contributed by atoms with van der Waals surface area (Å²) in [6.45, 7) is 2.08. The first-order chi connectivity index (χ1) is 3.30. The summed E-state index contributed by atoms with van der Waals surface area (Å²) in [5, 5.41) is 4.19. The molecule has 8 heavy (non-hydrogen) atoms. The highest BCUT2D eigenvalue weighted by molar-refractivity contribution is 9.10. The Morgan fingerprint density at radius 1 is 1.50 bits per heavy atom. The number of hydrogen-bond donors (Lipinski definition) is 0. The van der Waals surface area contributed by atoms with Crippen molar-refractivity contribution in [1.29, 1.82) is 0 Å². The van der Waals surface area contributed by atoms with E-state index >= 15 is 0 Å². The Hall–Kier alpha value is 0.470. The van der Waals surface area contributed by atoms with Gasteiger partial charge in [-0.1, -0.05) is 0 Å². The van der Waals surface area contributed by atoms with Gasteiger partial charge in [0.1, 0.15) is 0 Å². The van der Waals surface area contributed by atoms with Crippen LogP contribution in [-0.2, 0) is 0 Å². The van der Waals surface area contributed by atoms with Gasteiger partial charge in [-0.25, -0.2) is 0 Å². The van der Waals surface area contributed by atoms with Gasteiger partial charge in [-0.05, 0) is 33.8 Å². The minimum Gasteiger partial charge on any atom is -0.151 e. The molecule has 0 aliphatic carbocycles. The lowest BCUT2D eigenvalue weighted by molar-refractivity contribution is 1.52. The first-order valence-electron chi connectivity index (χ1n) is 1.99. The van der Waals surface area contributed by atoms with Gasteiger partial charge < -0.3 is 0 Å². The van der Waals surface area contributed by atoms with Crippen molar-refractivity contribution in [2.45, 2.75) is 6.92 Å². The Balaban J connectivity index is 0.000000490. The van der Waals surface area contributed by atoms with Gasteiger partial charge in [0, 0.05) is 9.85 Å². The van der Waals surface area contributed by atoms with Crippen LogP contribution in [0.1, 0.15) is 5.56 Å². The lowest BCUT2D eigenvalue weighted by Gasteiger charge is -1.77. The summed E-state index contributed by atoms with van der Waals surface area (Å²) in [6, 6.07) is 0. The summed E-state index contributed by atoms with van der Waals surface area (Å²) in [6.07, 6.45) is 0. The van der Waals surface area contributed by atoms with Crippen molar-refractivity contribution in [3.05, 3.63) is 20.8 Å². The van der Waals surface area contributed by atoms with Gasteiger partial charge in [0.2, 0.25) is 0 Å². The quantitative estimate of drug-likeness (QED) is 0.621. The number of aryl methyl sites for hydroxylation is 1. The minimum atomic E-state index is 0. The van der Waals surface area contributed by atoms with Crippen LogP contribution in [0.4, 0.5) is 0 Å². The maximum atomic E-state index is 3.38. The highest BCUT2D eigenvalue weighted by Crippen LogP contribution is 2.19. The van der Waals surface area contributed by atoms with Crippen LogP contribution in [0.5, 0.6) is 0 Å². The van der Waals surface area contributed by atoms with Crippen molar-refractivity contribution in [3.63, 3.8) is 0 Å². The van der Waals surface area contributed by atoms with E-state index in [-0.39, 0.29) is 12.4 Å². The van der Waals surface area contributed by atoms with Crippen LogP contribution >= 0.6 is 39.7 Å². The van der Waals surface area contributed by atoms with Gasteiger partial charge in [-0.15, -0.1) is 12.4 Å². The molecule has 3 heteroatoms. The molecule has 0 aromatic carbocycles. The van der Waals surface area contributed by atoms with E-state index in [9.17, 15) is 0 Å². The molecule has 46 valence electrons. The van der Waals surface area contributed by atoms with Crippen LogP contribution in [0, 0.1) is 6.92 Å². The molecule has 0 fully saturated rings. The van der Waals surface area contributed by atoms with Crippen molar-refractivity contribution in [3.8, 4) is 0 Å². The Labute approximate surface area is 67.5 Å². The number of thiophene rings is 1. The van der Waals surface area contributed by atoms with E-state index in [1.807, 2.05) is 0 Å². The summed E-state index contributed by atoms with van der Waals surface area (Å²) in [4.78, 5) is 0. The zero-order chi connectivity index (χ0) is 5.28. The normalized spacial score (nSPS) is 8.25. The van der Waals surface area contributed by atoms with Crippen molar-refractivity contribution in [1.82, 2.24) is 0 Å². The highest BCUT2D eigenvalue weighted by Gasteiger charge is 1.89. The predicted octanol–water partition coefficient (Wildman–Crippen LogP) is 3.24. The number of rotatable bonds is 0. The second-order valence-corrected chi connectivity index (χ2v) is 3.00. The van der Waals surface area contributed by atoms with Gasteiger partial charge in [0.15, 0.2) is 0 Å². The molecule has 0 unspecified atom stereocenters. The molecule has 0 atom stereocenters. The summed E-state index contributed by atoms with van der Waals surface area (Å²) in [5.74, 6) is 0. The molecule has 1 aromatic heterocycles. The Morgan fingerprint density at radius 3 is 2.25 bits per heavy atom. The topological polar surface area (TPSA) is 0 Å². The molecular weight excluding hydrogens is 207 g/mol. The van der Waals surface area contributed by atoms with Crippen molar-refractivity contribution >= 4 is 39.7 Å². The maximum absolute atomic E-state index is 3.38. The minimum absolute atomic E-state index is 0. The van der Waals surface area contributed by atoms with Crippen molar-refractivity contribution in [2.75, 3.05) is 0 Å². The molecule has 0 saturated carbocycles. The van der Waals surface area contributed by atoms with Gasteiger partial charge in [0.05, 0.1) is 0 Å². The molecular formula is C5H6BrClS. The molecule has 0 radical (unpaired) electrons. The first kappa shape index (κ1) is 8.47. The Kier molecular flexibility index (Phi) is 3.69. The molecule has 0 nitrogen and oxygen atoms in total. The number of halogens is 2. The van der Waals surface area contributed by atoms with Crippen LogP contribution in [0.25, 0.3) is 0 Å². The van der Waals surface area contributed by atoms with E-state index in [1.54, 1.807) is 11.3 Å². The SMILES string of the molecule is Cc1cscc1Br.Cl. The third kappa shape index (κ3) is 1.77. The van der Waals surface area contributed by atoms with Crippen LogP contribution in [0.15, 0.2) is 15.2 Å². The lowest BCUT2D eigenvalue weighted by Crippen LogP contribution is -1.56. The number of hydrogen-bond acceptors (Lipinski definition) is 1. The van der Waals surface area contributed by atoms with Crippen LogP contribution in [0.2, 0.25) is 0 Å². The van der Waals surface area contributed by atoms with Crippen LogP contribution < -0.4 is 0 Å². The summed E-state index contributed by atoms with van der Waals surface area (Å²) < 4.78 is 1.22. The molecule has 1 heterocycles. The van der Waals surface area contributed by atoms with Gasteiger partial charge in [-0.3, -0.25) is 0 Å². The van der Waals surface area contributed by atoms with E-state index < -0.39 is 0 Å². The summed E-state index contributed by atoms with van der Waals surface area (Å²) >= 11 is 5.09. The molecule has 0 N–H and O–H groups in total. The van der Waals surface area contributed by atoms with E-state index in [1.165, 1.54) is 10.0 Å². The van der Waals surface area contributed by atoms with Crippen molar-refractivity contribution < 1.29 is 0 Å². The second kappa shape index (κ2) is 3.49. The Morgan fingerprint density at radius 2 is 2.12 bits per heavy atom. The largest absolute Gasteiger partial charge is 0.151 e. The molecule has 0 amide bonds. The van der Waals surface area contributed by atoms with Gasteiger partial charge >= 0.3 is 0 Å². The summed E-state index contributed by atoms with van der Waals surface area (Å²) in [7, 11) is 0. The zero-order valence-corrected chi connectivity index (χ0v) is 7.57. The monoisotopic (exact) mass is 212 g/mol. The van der Waals surface area contributed by atoms with E-state index in [0.29, 0.717) is 0 Å². The third-order valence-electron chi connectivity index (χ3n) is 0.793. The van der Waals surface area contributed by atoms with Crippen LogP contribution in [-0.4, -0.2) is 0 Å². The smallest absolute Gasteiger partial charge is 0.0311 e. The predicted molar refractivity (Wildman–Crippen MR) is 44.0 cm³/mol. The fourth-order valence-corrected chi connectivity index (χ4v) is 1.64. The molecule has 0 spiro atoms. The van der Waals surface area contributed by atoms with Gasteiger partial charge in [-0.2, -0.15) is 11.3 Å². The zero-order valence-electron chi connectivity index (χ0n) is 4.35. The molecule has 0 saturated heterocycles. The fraction of sp³-hybridized carbons (Fsp3) is 0.200. The van der Waals surface area contributed by atoms with Crippen LogP contribution in [0.3, 0.4) is 0 Å². The average molecular weight is 214 g/mol. The van der Waals surface area contributed by atoms with Crippen molar-refractivity contribution in [2.24, 2.45) is 0 Å². The average Bonchev–Trinajstić information content (AvgIpc) is 1.91. The lowest BCUT2D eigenvalue weighted by atomic mass is 10.4. The second-order valence-electron chi connectivity index (χ2n) is 1.40. The van der Waals surface area contributed by atoms with E-state index in [0.717, 1.165) is 0 Å². The van der Waals surface area contributed by atoms with E-state index in [2.05, 4.69) is 33.6 Å². The molecule has 1 rings (SSSR count). The summed E-state index contributed by atoms with van der Waals surface area (Å²) in [5.41, 5.74) is 1.32. The van der Waals surface area contributed by atoms with E-state index in [4.69, 9.17) is 0 Å². The molecule has 0 bridgehead atoms.